The van der Waals surface area contributed by atoms with E-state index in [1.165, 1.54) is 19.3 Å². The van der Waals surface area contributed by atoms with Crippen LogP contribution in [0.1, 0.15) is 46.0 Å². The Morgan fingerprint density at radius 3 is 2.69 bits per heavy atom. The molecule has 2 unspecified atom stereocenters. The van der Waals surface area contributed by atoms with E-state index in [1.54, 1.807) is 0 Å². The molecule has 1 fully saturated rings. The molecule has 96 valence electrons. The molecule has 0 aromatic carbocycles. The summed E-state index contributed by atoms with van der Waals surface area (Å²) >= 11 is 0. The van der Waals surface area contributed by atoms with E-state index in [2.05, 4.69) is 24.5 Å². The third-order valence-corrected chi connectivity index (χ3v) is 3.78. The number of aliphatic hydroxyl groups is 1. The van der Waals surface area contributed by atoms with Crippen molar-refractivity contribution >= 4 is 0 Å². The Kier molecular flexibility index (Phi) is 7.01. The first-order chi connectivity index (χ1) is 7.77. The van der Waals surface area contributed by atoms with Gasteiger partial charge in [0.15, 0.2) is 0 Å². The van der Waals surface area contributed by atoms with Gasteiger partial charge in [0.25, 0.3) is 0 Å². The van der Waals surface area contributed by atoms with Crippen LogP contribution in [0.25, 0.3) is 0 Å². The highest BCUT2D eigenvalue weighted by molar-refractivity contribution is 4.76. The molecule has 0 spiro atoms. The van der Waals surface area contributed by atoms with Crippen molar-refractivity contribution in [3.63, 3.8) is 0 Å². The van der Waals surface area contributed by atoms with E-state index in [0.29, 0.717) is 12.0 Å². The lowest BCUT2D eigenvalue weighted by Gasteiger charge is -2.23. The van der Waals surface area contributed by atoms with E-state index in [0.717, 1.165) is 32.5 Å². The SMILES string of the molecule is CCC(CC)C(O)CNC1CCCNCC1. The van der Waals surface area contributed by atoms with Gasteiger partial charge in [-0.3, -0.25) is 0 Å². The normalized spacial score (nSPS) is 24.4. The second-order valence-corrected chi connectivity index (χ2v) is 4.93. The molecular weight excluding hydrogens is 200 g/mol. The smallest absolute Gasteiger partial charge is 0.0692 e. The van der Waals surface area contributed by atoms with Gasteiger partial charge >= 0.3 is 0 Å². The van der Waals surface area contributed by atoms with Gasteiger partial charge in [-0.05, 0) is 38.3 Å². The van der Waals surface area contributed by atoms with Crippen LogP contribution in [0.3, 0.4) is 0 Å². The summed E-state index contributed by atoms with van der Waals surface area (Å²) < 4.78 is 0. The second kappa shape index (κ2) is 8.04. The summed E-state index contributed by atoms with van der Waals surface area (Å²) in [5, 5.41) is 17.0. The Morgan fingerprint density at radius 1 is 1.25 bits per heavy atom. The second-order valence-electron chi connectivity index (χ2n) is 4.93. The number of aliphatic hydroxyl groups excluding tert-OH is 1. The van der Waals surface area contributed by atoms with Gasteiger partial charge in [0.1, 0.15) is 0 Å². The van der Waals surface area contributed by atoms with Gasteiger partial charge in [0, 0.05) is 12.6 Å². The van der Waals surface area contributed by atoms with Gasteiger partial charge in [-0.2, -0.15) is 0 Å². The van der Waals surface area contributed by atoms with Gasteiger partial charge in [-0.1, -0.05) is 26.7 Å². The minimum atomic E-state index is -0.175. The molecule has 3 heteroatoms. The van der Waals surface area contributed by atoms with Crippen LogP contribution < -0.4 is 10.6 Å². The highest BCUT2D eigenvalue weighted by Crippen LogP contribution is 2.13. The quantitative estimate of drug-likeness (QED) is 0.646. The van der Waals surface area contributed by atoms with Crippen LogP contribution in [0, 0.1) is 5.92 Å². The summed E-state index contributed by atoms with van der Waals surface area (Å²) in [4.78, 5) is 0. The standard InChI is InChI=1S/C13H28N2O/c1-3-11(4-2)13(16)10-15-12-6-5-8-14-9-7-12/h11-16H,3-10H2,1-2H3. The van der Waals surface area contributed by atoms with E-state index in [-0.39, 0.29) is 6.10 Å². The molecule has 3 nitrogen and oxygen atoms in total. The fourth-order valence-corrected chi connectivity index (χ4v) is 2.51. The summed E-state index contributed by atoms with van der Waals surface area (Å²) in [6.07, 6.45) is 5.65. The predicted molar refractivity (Wildman–Crippen MR) is 68.6 cm³/mol. The molecule has 1 heterocycles. The largest absolute Gasteiger partial charge is 0.392 e. The first kappa shape index (κ1) is 13.9. The van der Waals surface area contributed by atoms with E-state index in [4.69, 9.17) is 0 Å². The summed E-state index contributed by atoms with van der Waals surface area (Å²) in [6.45, 7) is 7.34. The van der Waals surface area contributed by atoms with Gasteiger partial charge in [-0.25, -0.2) is 0 Å². The fourth-order valence-electron chi connectivity index (χ4n) is 2.51. The molecule has 2 atom stereocenters. The van der Waals surface area contributed by atoms with Crippen molar-refractivity contribution in [1.82, 2.24) is 10.6 Å². The third-order valence-electron chi connectivity index (χ3n) is 3.78. The van der Waals surface area contributed by atoms with Crippen LogP contribution >= 0.6 is 0 Å². The maximum absolute atomic E-state index is 10.0. The highest BCUT2D eigenvalue weighted by Gasteiger charge is 2.17. The minimum Gasteiger partial charge on any atom is -0.392 e. The topological polar surface area (TPSA) is 44.3 Å². The van der Waals surface area contributed by atoms with Gasteiger partial charge in [-0.15, -0.1) is 0 Å². The average Bonchev–Trinajstić information content (AvgIpc) is 2.56. The minimum absolute atomic E-state index is 0.175. The molecule has 1 aliphatic rings. The predicted octanol–water partition coefficient (Wildman–Crippen LogP) is 1.52. The van der Waals surface area contributed by atoms with E-state index in [1.807, 2.05) is 0 Å². The maximum atomic E-state index is 10.0. The molecule has 0 amide bonds. The van der Waals surface area contributed by atoms with E-state index >= 15 is 0 Å². The number of rotatable bonds is 6. The monoisotopic (exact) mass is 228 g/mol. The molecule has 1 rings (SSSR count). The van der Waals surface area contributed by atoms with Gasteiger partial charge in [0.05, 0.1) is 6.10 Å². The van der Waals surface area contributed by atoms with Gasteiger partial charge in [0.2, 0.25) is 0 Å². The zero-order valence-electron chi connectivity index (χ0n) is 10.8. The van der Waals surface area contributed by atoms with Crippen molar-refractivity contribution in [1.29, 1.82) is 0 Å². The lowest BCUT2D eigenvalue weighted by molar-refractivity contribution is 0.0977. The van der Waals surface area contributed by atoms with Crippen molar-refractivity contribution in [2.45, 2.75) is 58.1 Å². The van der Waals surface area contributed by atoms with Crippen molar-refractivity contribution < 1.29 is 5.11 Å². The molecule has 0 saturated carbocycles. The van der Waals surface area contributed by atoms with Crippen molar-refractivity contribution in [3.8, 4) is 0 Å². The molecule has 0 aliphatic carbocycles. The molecule has 3 N–H and O–H groups in total. The van der Waals surface area contributed by atoms with Crippen molar-refractivity contribution in [2.24, 2.45) is 5.92 Å². The van der Waals surface area contributed by atoms with Crippen LogP contribution in [-0.4, -0.2) is 36.9 Å². The Hall–Kier alpha value is -0.120. The zero-order valence-corrected chi connectivity index (χ0v) is 10.8. The first-order valence-electron chi connectivity index (χ1n) is 6.90. The van der Waals surface area contributed by atoms with Crippen LogP contribution in [0.2, 0.25) is 0 Å². The van der Waals surface area contributed by atoms with Crippen LogP contribution in [0.15, 0.2) is 0 Å². The molecule has 0 bridgehead atoms. The van der Waals surface area contributed by atoms with Crippen LogP contribution in [0.5, 0.6) is 0 Å². The molecule has 0 radical (unpaired) electrons. The summed E-state index contributed by atoms with van der Waals surface area (Å²) in [5.41, 5.74) is 0. The first-order valence-corrected chi connectivity index (χ1v) is 6.90. The zero-order chi connectivity index (χ0) is 11.8. The number of hydrogen-bond acceptors (Lipinski definition) is 3. The van der Waals surface area contributed by atoms with E-state index < -0.39 is 0 Å². The summed E-state index contributed by atoms with van der Waals surface area (Å²) in [5.74, 6) is 0.455. The Labute approximate surface area is 100 Å². The summed E-state index contributed by atoms with van der Waals surface area (Å²) in [7, 11) is 0. The number of hydrogen-bond donors (Lipinski definition) is 3. The Morgan fingerprint density at radius 2 is 2.00 bits per heavy atom. The average molecular weight is 228 g/mol. The molecular formula is C13H28N2O. The Balaban J connectivity index is 2.21. The Bertz CT molecular complexity index is 161. The molecule has 1 aliphatic heterocycles. The van der Waals surface area contributed by atoms with Gasteiger partial charge < -0.3 is 15.7 Å². The van der Waals surface area contributed by atoms with Crippen LogP contribution in [-0.2, 0) is 0 Å². The number of nitrogens with one attached hydrogen (secondary N) is 2. The van der Waals surface area contributed by atoms with Crippen molar-refractivity contribution in [2.75, 3.05) is 19.6 Å². The molecule has 1 saturated heterocycles. The van der Waals surface area contributed by atoms with Crippen LogP contribution in [0.4, 0.5) is 0 Å². The lowest BCUT2D eigenvalue weighted by Crippen LogP contribution is -2.39. The molecule has 16 heavy (non-hydrogen) atoms. The third kappa shape index (κ3) is 4.81. The highest BCUT2D eigenvalue weighted by atomic mass is 16.3. The fraction of sp³-hybridized carbons (Fsp3) is 1.00. The van der Waals surface area contributed by atoms with E-state index in [9.17, 15) is 5.11 Å². The maximum Gasteiger partial charge on any atom is 0.0692 e. The van der Waals surface area contributed by atoms with Crippen molar-refractivity contribution in [3.05, 3.63) is 0 Å². The molecule has 0 aromatic heterocycles. The summed E-state index contributed by atoms with van der Waals surface area (Å²) in [6, 6.07) is 0.596. The lowest BCUT2D eigenvalue weighted by atomic mass is 9.96. The molecule has 0 aromatic rings.